The number of esters is 2. The second-order valence-electron chi connectivity index (χ2n) is 22.9. The Morgan fingerprint density at radius 2 is 1.49 bits per heavy atom. The summed E-state index contributed by atoms with van der Waals surface area (Å²) in [5.41, 5.74) is -1.50. The second kappa shape index (κ2) is 23.1. The van der Waals surface area contributed by atoms with Gasteiger partial charge in [-0.1, -0.05) is 46.3 Å². The summed E-state index contributed by atoms with van der Waals surface area (Å²) >= 11 is 0. The van der Waals surface area contributed by atoms with Gasteiger partial charge in [0.25, 0.3) is 0 Å². The summed E-state index contributed by atoms with van der Waals surface area (Å²) in [5.74, 6) is -1.92. The van der Waals surface area contributed by atoms with Crippen molar-refractivity contribution in [3.63, 3.8) is 0 Å². The molecule has 1 aromatic carbocycles. The minimum Gasteiger partial charge on any atom is -0.493 e. The van der Waals surface area contributed by atoms with E-state index in [1.54, 1.807) is 6.92 Å². The summed E-state index contributed by atoms with van der Waals surface area (Å²) in [6.07, 6.45) is -15.4. The third-order valence-corrected chi connectivity index (χ3v) is 18.2. The molecular formula is C54H80O21. The number of Topliss-reactive ketones (excluding diaryl/α,β-unsaturated/α-hetero) is 1. The molecule has 8 rings (SSSR count). The molecule has 3 heterocycles. The Morgan fingerprint density at radius 1 is 0.787 bits per heavy atom. The molecule has 0 spiro atoms. The number of methoxy groups -OCH3 is 2. The summed E-state index contributed by atoms with van der Waals surface area (Å²) < 4.78 is 59.6. The Kier molecular flexibility index (Phi) is 17.8. The fourth-order valence-corrected chi connectivity index (χ4v) is 13.8. The monoisotopic (exact) mass is 1060 g/mol. The van der Waals surface area contributed by atoms with Crippen molar-refractivity contribution >= 4 is 17.7 Å². The van der Waals surface area contributed by atoms with Crippen LogP contribution in [0.25, 0.3) is 0 Å². The average Bonchev–Trinajstić information content (AvgIpc) is 3.70. The number of aliphatic hydroxyl groups excluding tert-OH is 7. The molecule has 3 aliphatic heterocycles. The lowest BCUT2D eigenvalue weighted by atomic mass is 9.46. The molecule has 7 aliphatic rings. The summed E-state index contributed by atoms with van der Waals surface area (Å²) in [5, 5.41) is 89.5. The number of rotatable bonds is 17. The second-order valence-corrected chi connectivity index (χ2v) is 22.9. The maximum atomic E-state index is 14.3. The molecule has 0 aromatic heterocycles. The zero-order chi connectivity index (χ0) is 54.5. The molecule has 3 saturated heterocycles. The molecule has 21 heteroatoms. The van der Waals surface area contributed by atoms with Crippen molar-refractivity contribution < 1.29 is 103 Å². The maximum Gasteiger partial charge on any atom is 0.338 e. The van der Waals surface area contributed by atoms with E-state index < -0.39 is 135 Å². The number of hydrogen-bond donors (Lipinski definition) is 8. The fraction of sp³-hybridized carbons (Fsp3) is 0.796. The highest BCUT2D eigenvalue weighted by Crippen LogP contribution is 2.69. The molecular weight excluding hydrogens is 985 g/mol. The van der Waals surface area contributed by atoms with E-state index in [4.69, 9.17) is 47.4 Å². The average molecular weight is 1070 g/mol. The van der Waals surface area contributed by atoms with Crippen molar-refractivity contribution in [1.29, 1.82) is 0 Å². The molecule has 75 heavy (non-hydrogen) atoms. The van der Waals surface area contributed by atoms with Gasteiger partial charge in [-0.2, -0.15) is 0 Å². The third-order valence-electron chi connectivity index (χ3n) is 18.2. The Balaban J connectivity index is 1.10. The number of carbonyl (C=O) groups is 3. The molecule has 1 aromatic rings. The summed E-state index contributed by atoms with van der Waals surface area (Å²) in [6.45, 7) is 9.53. The van der Waals surface area contributed by atoms with Crippen molar-refractivity contribution in [2.24, 2.45) is 40.4 Å². The molecule has 4 aliphatic carbocycles. The molecule has 0 unspecified atom stereocenters. The first-order valence-electron chi connectivity index (χ1n) is 26.6. The van der Waals surface area contributed by atoms with Crippen LogP contribution < -0.4 is 9.47 Å². The molecule has 0 bridgehead atoms. The van der Waals surface area contributed by atoms with Crippen LogP contribution in [-0.4, -0.2) is 190 Å². The number of benzene rings is 1. The van der Waals surface area contributed by atoms with E-state index in [0.717, 1.165) is 26.2 Å². The predicted molar refractivity (Wildman–Crippen MR) is 260 cm³/mol. The lowest BCUT2D eigenvalue weighted by Crippen LogP contribution is -2.65. The van der Waals surface area contributed by atoms with E-state index in [-0.39, 0.29) is 58.7 Å². The number of hydrogen-bond acceptors (Lipinski definition) is 21. The van der Waals surface area contributed by atoms with E-state index in [0.29, 0.717) is 37.9 Å². The molecule has 0 amide bonds. The predicted octanol–water partition coefficient (Wildman–Crippen LogP) is 1.86. The van der Waals surface area contributed by atoms with Crippen molar-refractivity contribution in [2.75, 3.05) is 34.0 Å². The van der Waals surface area contributed by atoms with Gasteiger partial charge in [0.05, 0.1) is 51.8 Å². The first-order chi connectivity index (χ1) is 35.5. The third kappa shape index (κ3) is 10.9. The number of ether oxygens (including phenoxy) is 10. The smallest absolute Gasteiger partial charge is 0.338 e. The largest absolute Gasteiger partial charge is 0.493 e. The minimum atomic E-state index is -1.88. The number of carbonyl (C=O) groups excluding carboxylic acids is 3. The van der Waals surface area contributed by atoms with Gasteiger partial charge >= 0.3 is 11.9 Å². The minimum absolute atomic E-state index is 0.0641. The van der Waals surface area contributed by atoms with Gasteiger partial charge in [-0.05, 0) is 98.7 Å². The van der Waals surface area contributed by atoms with Crippen molar-refractivity contribution in [3.8, 4) is 11.5 Å². The van der Waals surface area contributed by atoms with Crippen LogP contribution in [0.1, 0.15) is 110 Å². The van der Waals surface area contributed by atoms with E-state index in [9.17, 15) is 55.2 Å². The zero-order valence-electron chi connectivity index (χ0n) is 44.2. The molecule has 0 radical (unpaired) electrons. The number of fused-ring (bicyclic) bond motifs is 5. The van der Waals surface area contributed by atoms with Crippen LogP contribution in [0.5, 0.6) is 11.5 Å². The van der Waals surface area contributed by atoms with E-state index in [1.165, 1.54) is 38.0 Å². The van der Waals surface area contributed by atoms with Gasteiger partial charge < -0.3 is 88.2 Å². The molecule has 422 valence electrons. The van der Waals surface area contributed by atoms with Crippen LogP contribution in [-0.2, 0) is 47.5 Å². The number of ketones is 1. The normalized spacial score (nSPS) is 43.1. The van der Waals surface area contributed by atoms with E-state index >= 15 is 0 Å². The van der Waals surface area contributed by atoms with E-state index in [2.05, 4.69) is 19.9 Å². The lowest BCUT2D eigenvalue weighted by Gasteiger charge is -2.59. The first kappa shape index (κ1) is 57.8. The first-order valence-corrected chi connectivity index (χ1v) is 26.6. The molecule has 8 N–H and O–H groups in total. The molecule has 22 atom stereocenters. The fourth-order valence-electron chi connectivity index (χ4n) is 13.8. The molecule has 6 fully saturated rings. The highest BCUT2D eigenvalue weighted by atomic mass is 16.8. The van der Waals surface area contributed by atoms with Gasteiger partial charge in [0, 0.05) is 24.7 Å². The van der Waals surface area contributed by atoms with Gasteiger partial charge in [0.1, 0.15) is 60.2 Å². The van der Waals surface area contributed by atoms with Gasteiger partial charge in [0.15, 0.2) is 42.6 Å². The van der Waals surface area contributed by atoms with Crippen LogP contribution >= 0.6 is 0 Å². The van der Waals surface area contributed by atoms with Crippen molar-refractivity contribution in [3.05, 3.63) is 35.4 Å². The Hall–Kier alpha value is -3.39. The van der Waals surface area contributed by atoms with Crippen LogP contribution in [0.3, 0.4) is 0 Å². The Bertz CT molecular complexity index is 2210. The van der Waals surface area contributed by atoms with Crippen LogP contribution in [0.2, 0.25) is 0 Å². The van der Waals surface area contributed by atoms with Crippen molar-refractivity contribution in [2.45, 2.75) is 197 Å². The van der Waals surface area contributed by atoms with Gasteiger partial charge in [0.2, 0.25) is 0 Å². The molecule has 21 nitrogen and oxygen atoms in total. The zero-order valence-corrected chi connectivity index (χ0v) is 44.2. The highest BCUT2D eigenvalue weighted by Gasteiger charge is 2.71. The quantitative estimate of drug-likeness (QED) is 0.0816. The lowest BCUT2D eigenvalue weighted by molar-refractivity contribution is -0.362. The van der Waals surface area contributed by atoms with Crippen LogP contribution in [0.15, 0.2) is 29.8 Å². The maximum absolute atomic E-state index is 14.3. The van der Waals surface area contributed by atoms with Gasteiger partial charge in [-0.25, -0.2) is 4.79 Å². The summed E-state index contributed by atoms with van der Waals surface area (Å²) in [7, 11) is 2.77. The SMILES string of the molecule is COc1ccc(C(=O)O[C@H]2[C@H](O[C@@H]3[C@@H](OC(C)=O)[C@H](O[C@H]4C[C@H]5[C@@H]6CC=C7C[C@@H](O)CC[C@]7(C)[C@H]6CC[C@]5(C)[C@@]4(O)[C@H](C)C(=O)CCC(C)C)OC[C@@H]3O)OC[C@@H](O[C@@H]3O[C@H](CO)[C@@H](O)[C@H](O)[C@H]3O)[C@@H]2O)cc1OC. The molecule has 3 saturated carbocycles. The standard InChI is InChI=1S/C54H80O21/c1-25(2)9-13-34(58)26(3)54(65)40(21-33-31-12-11-29-20-30(57)15-17-52(29,5)32(31)16-18-53(33,54)6)73-51-47(70-27(4)56)45(35(59)23-68-51)75-50-46(74-48(64)28-10-14-36(66-7)37(19-28)67-8)42(61)39(24-69-50)72-49-44(63)43(62)41(60)38(22-55)71-49/h10-11,14,19,25-26,30-33,35,38-47,49-51,55,57,59-63,65H,9,12-13,15-18,20-24H2,1-8H3/t26-,30+,31-,32+,33+,35+,38-,39-,40+,41-,42+,43+,44-,45+,46-,47-,49+,50+,51+,52+,53+,54-/m1/s1. The highest BCUT2D eigenvalue weighted by molar-refractivity contribution is 5.90. The topological polar surface area (TPSA) is 305 Å². The van der Waals surface area contributed by atoms with E-state index in [1.807, 2.05) is 13.8 Å². The number of allylic oxidation sites excluding steroid dienone is 1. The summed E-state index contributed by atoms with van der Waals surface area (Å²) in [6, 6.07) is 4.16. The van der Waals surface area contributed by atoms with Gasteiger partial charge in [-0.15, -0.1) is 0 Å². The van der Waals surface area contributed by atoms with Crippen molar-refractivity contribution in [1.82, 2.24) is 0 Å². The Morgan fingerprint density at radius 3 is 2.17 bits per heavy atom. The number of aliphatic hydroxyl groups is 8. The van der Waals surface area contributed by atoms with Crippen LogP contribution in [0.4, 0.5) is 0 Å². The van der Waals surface area contributed by atoms with Crippen LogP contribution in [0, 0.1) is 40.4 Å². The Labute approximate surface area is 437 Å². The summed E-state index contributed by atoms with van der Waals surface area (Å²) in [4.78, 5) is 41.4. The van der Waals surface area contributed by atoms with Gasteiger partial charge in [-0.3, -0.25) is 9.59 Å².